The van der Waals surface area contributed by atoms with E-state index in [9.17, 15) is 5.11 Å². The first kappa shape index (κ1) is 15.6. The van der Waals surface area contributed by atoms with Crippen LogP contribution in [0.3, 0.4) is 0 Å². The van der Waals surface area contributed by atoms with Crippen LogP contribution in [0.2, 0.25) is 0 Å². The van der Waals surface area contributed by atoms with E-state index in [1.165, 1.54) is 0 Å². The lowest BCUT2D eigenvalue weighted by Crippen LogP contribution is -2.16. The van der Waals surface area contributed by atoms with E-state index >= 15 is 0 Å². The Kier molecular flexibility index (Phi) is 4.09. The third-order valence-electron chi connectivity index (χ3n) is 4.00. The molecule has 2 N–H and O–H groups in total. The van der Waals surface area contributed by atoms with Gasteiger partial charge in [-0.15, -0.1) is 0 Å². The number of phenolic OH excluding ortho intramolecular Hbond substituents is 1. The lowest BCUT2D eigenvalue weighted by atomic mass is 10.1. The number of aryl methyl sites for hydroxylation is 2. The van der Waals surface area contributed by atoms with Crippen molar-refractivity contribution in [2.75, 3.05) is 32.5 Å². The van der Waals surface area contributed by atoms with E-state index in [-0.39, 0.29) is 5.75 Å². The zero-order chi connectivity index (χ0) is 16.6. The van der Waals surface area contributed by atoms with E-state index < -0.39 is 0 Å². The average molecular weight is 313 g/mol. The minimum absolute atomic E-state index is 0.247. The van der Waals surface area contributed by atoms with Gasteiger partial charge in [0.2, 0.25) is 0 Å². The van der Waals surface area contributed by atoms with Crippen LogP contribution >= 0.6 is 0 Å². The molecule has 0 atom stereocenters. The molecule has 0 aliphatic heterocycles. The topological polar surface area (TPSA) is 66.2 Å². The maximum absolute atomic E-state index is 9.86. The third-order valence-corrected chi connectivity index (χ3v) is 4.00. The number of aromatic nitrogens is 3. The normalized spacial score (nSPS) is 11.7. The first-order valence-corrected chi connectivity index (χ1v) is 7.82. The SMILES string of the molecule is Cc1nn(C)c2nc3ccc(O)cc3c(NCCCN(C)C)c12. The number of pyridine rings is 1. The maximum Gasteiger partial charge on any atom is 0.160 e. The third kappa shape index (κ3) is 2.94. The zero-order valence-electron chi connectivity index (χ0n) is 14.1. The van der Waals surface area contributed by atoms with Crippen LogP contribution in [0.25, 0.3) is 21.9 Å². The Morgan fingerprint density at radius 2 is 2.09 bits per heavy atom. The second kappa shape index (κ2) is 6.04. The Morgan fingerprint density at radius 3 is 2.83 bits per heavy atom. The second-order valence-electron chi connectivity index (χ2n) is 6.18. The number of nitrogens with zero attached hydrogens (tertiary/aromatic N) is 4. The largest absolute Gasteiger partial charge is 0.508 e. The summed E-state index contributed by atoms with van der Waals surface area (Å²) >= 11 is 0. The number of anilines is 1. The highest BCUT2D eigenvalue weighted by Crippen LogP contribution is 2.34. The van der Waals surface area contributed by atoms with Crippen molar-refractivity contribution in [1.29, 1.82) is 0 Å². The van der Waals surface area contributed by atoms with Crippen LogP contribution in [0.5, 0.6) is 5.75 Å². The molecule has 6 nitrogen and oxygen atoms in total. The van der Waals surface area contributed by atoms with Crippen LogP contribution < -0.4 is 5.32 Å². The molecule has 3 aromatic rings. The van der Waals surface area contributed by atoms with Crippen LogP contribution in [0.15, 0.2) is 18.2 Å². The highest BCUT2D eigenvalue weighted by molar-refractivity contribution is 6.08. The van der Waals surface area contributed by atoms with Crippen molar-refractivity contribution in [3.05, 3.63) is 23.9 Å². The van der Waals surface area contributed by atoms with Crippen LogP contribution in [0.1, 0.15) is 12.1 Å². The second-order valence-corrected chi connectivity index (χ2v) is 6.18. The minimum atomic E-state index is 0.247. The van der Waals surface area contributed by atoms with Crippen molar-refractivity contribution in [3.63, 3.8) is 0 Å². The molecule has 0 saturated heterocycles. The smallest absolute Gasteiger partial charge is 0.160 e. The summed E-state index contributed by atoms with van der Waals surface area (Å²) in [5, 5.41) is 19.8. The van der Waals surface area contributed by atoms with Crippen LogP contribution in [0, 0.1) is 6.92 Å². The molecule has 0 radical (unpaired) electrons. The fourth-order valence-electron chi connectivity index (χ4n) is 2.93. The average Bonchev–Trinajstić information content (AvgIpc) is 2.77. The highest BCUT2D eigenvalue weighted by atomic mass is 16.3. The molecule has 0 fully saturated rings. The van der Waals surface area contributed by atoms with Gasteiger partial charge in [0, 0.05) is 19.0 Å². The van der Waals surface area contributed by atoms with E-state index in [1.54, 1.807) is 12.1 Å². The Balaban J connectivity index is 2.10. The predicted molar refractivity (Wildman–Crippen MR) is 94.1 cm³/mol. The number of rotatable bonds is 5. The van der Waals surface area contributed by atoms with Crippen molar-refractivity contribution >= 4 is 27.6 Å². The predicted octanol–water partition coefficient (Wildman–Crippen LogP) is 2.50. The van der Waals surface area contributed by atoms with Crippen LogP contribution in [-0.4, -0.2) is 52.0 Å². The first-order valence-electron chi connectivity index (χ1n) is 7.82. The Labute approximate surface area is 135 Å². The van der Waals surface area contributed by atoms with Crippen molar-refractivity contribution in [1.82, 2.24) is 19.7 Å². The number of benzene rings is 1. The quantitative estimate of drug-likeness (QED) is 0.709. The van der Waals surface area contributed by atoms with Gasteiger partial charge in [-0.05, 0) is 52.2 Å². The monoisotopic (exact) mass is 313 g/mol. The van der Waals surface area contributed by atoms with E-state index in [1.807, 2.05) is 24.7 Å². The molecule has 3 rings (SSSR count). The van der Waals surface area contributed by atoms with Gasteiger partial charge in [0.05, 0.1) is 22.3 Å². The molecule has 0 amide bonds. The highest BCUT2D eigenvalue weighted by Gasteiger charge is 2.15. The van der Waals surface area contributed by atoms with Crippen LogP contribution in [0.4, 0.5) is 5.69 Å². The summed E-state index contributed by atoms with van der Waals surface area (Å²) < 4.78 is 1.81. The van der Waals surface area contributed by atoms with E-state index in [4.69, 9.17) is 4.98 Å². The molecular weight excluding hydrogens is 290 g/mol. The fraction of sp³-hybridized carbons (Fsp3) is 0.412. The van der Waals surface area contributed by atoms with Crippen molar-refractivity contribution in [3.8, 4) is 5.75 Å². The summed E-state index contributed by atoms with van der Waals surface area (Å²) in [5.74, 6) is 0.247. The minimum Gasteiger partial charge on any atom is -0.508 e. The van der Waals surface area contributed by atoms with Gasteiger partial charge in [-0.3, -0.25) is 4.68 Å². The van der Waals surface area contributed by atoms with Crippen molar-refractivity contribution < 1.29 is 5.11 Å². The summed E-state index contributed by atoms with van der Waals surface area (Å²) in [6, 6.07) is 5.28. The number of phenols is 1. The van der Waals surface area contributed by atoms with Crippen LogP contribution in [-0.2, 0) is 7.05 Å². The number of hydrogen-bond acceptors (Lipinski definition) is 5. The maximum atomic E-state index is 9.86. The molecule has 0 saturated carbocycles. The standard InChI is InChI=1S/C17H23N5O/c1-11-15-16(18-8-5-9-21(2)3)13-10-12(23)6-7-14(13)19-17(15)22(4)20-11/h6-7,10,23H,5,8-9H2,1-4H3,(H,18,19). The summed E-state index contributed by atoms with van der Waals surface area (Å²) in [7, 11) is 6.05. The molecule has 23 heavy (non-hydrogen) atoms. The van der Waals surface area contributed by atoms with Gasteiger partial charge in [-0.25, -0.2) is 4.98 Å². The van der Waals surface area contributed by atoms with E-state index in [2.05, 4.69) is 29.4 Å². The molecule has 1 aromatic carbocycles. The summed E-state index contributed by atoms with van der Waals surface area (Å²) in [4.78, 5) is 6.87. The summed E-state index contributed by atoms with van der Waals surface area (Å²) in [6.07, 6.45) is 1.04. The first-order chi connectivity index (χ1) is 11.0. The molecule has 0 spiro atoms. The lowest BCUT2D eigenvalue weighted by molar-refractivity contribution is 0.405. The number of nitrogens with one attached hydrogen (secondary N) is 1. The molecule has 122 valence electrons. The lowest BCUT2D eigenvalue weighted by Gasteiger charge is -2.14. The number of hydrogen-bond donors (Lipinski definition) is 2. The van der Waals surface area contributed by atoms with Gasteiger partial charge >= 0.3 is 0 Å². The fourth-order valence-corrected chi connectivity index (χ4v) is 2.93. The van der Waals surface area contributed by atoms with Gasteiger partial charge < -0.3 is 15.3 Å². The molecule has 6 heteroatoms. The van der Waals surface area contributed by atoms with Gasteiger partial charge in [-0.1, -0.05) is 0 Å². The van der Waals surface area contributed by atoms with E-state index in [0.29, 0.717) is 0 Å². The molecular formula is C17H23N5O. The zero-order valence-corrected chi connectivity index (χ0v) is 14.1. The number of fused-ring (bicyclic) bond motifs is 2. The van der Waals surface area contributed by atoms with Gasteiger partial charge in [0.1, 0.15) is 5.75 Å². The Morgan fingerprint density at radius 1 is 1.30 bits per heavy atom. The van der Waals surface area contributed by atoms with Gasteiger partial charge in [-0.2, -0.15) is 5.10 Å². The van der Waals surface area contributed by atoms with E-state index in [0.717, 1.165) is 52.8 Å². The number of aromatic hydroxyl groups is 1. The summed E-state index contributed by atoms with van der Waals surface area (Å²) in [5.41, 5.74) is 3.66. The Bertz CT molecular complexity index is 853. The van der Waals surface area contributed by atoms with Gasteiger partial charge in [0.25, 0.3) is 0 Å². The van der Waals surface area contributed by atoms with Crippen molar-refractivity contribution in [2.45, 2.75) is 13.3 Å². The molecule has 0 unspecified atom stereocenters. The Hall–Kier alpha value is -2.34. The van der Waals surface area contributed by atoms with Crippen molar-refractivity contribution in [2.24, 2.45) is 7.05 Å². The van der Waals surface area contributed by atoms with Gasteiger partial charge in [0.15, 0.2) is 5.65 Å². The molecule has 0 aliphatic rings. The molecule has 0 bridgehead atoms. The summed E-state index contributed by atoms with van der Waals surface area (Å²) in [6.45, 7) is 3.87. The molecule has 0 aliphatic carbocycles. The molecule has 2 heterocycles. The molecule has 2 aromatic heterocycles.